The largest absolute Gasteiger partial charge is 0.379 e. The van der Waals surface area contributed by atoms with Crippen molar-refractivity contribution in [2.24, 2.45) is 0 Å². The van der Waals surface area contributed by atoms with Crippen molar-refractivity contribution in [2.45, 2.75) is 13.8 Å². The summed E-state index contributed by atoms with van der Waals surface area (Å²) < 4.78 is 24.3. The summed E-state index contributed by atoms with van der Waals surface area (Å²) in [4.78, 5) is 13.0. The SMILES string of the molecule is CCOP(=O)(OCC)c1[nH]nc(C(=O)c2ccccc2)c1-c1ccccc1. The number of ketones is 1. The fourth-order valence-corrected chi connectivity index (χ4v) is 4.50. The van der Waals surface area contributed by atoms with Gasteiger partial charge in [0, 0.05) is 11.1 Å². The van der Waals surface area contributed by atoms with Gasteiger partial charge in [-0.2, -0.15) is 5.10 Å². The Morgan fingerprint density at radius 1 is 0.963 bits per heavy atom. The van der Waals surface area contributed by atoms with E-state index in [1.807, 2.05) is 36.4 Å². The maximum absolute atomic E-state index is 13.4. The van der Waals surface area contributed by atoms with Crippen LogP contribution in [-0.2, 0) is 13.6 Å². The van der Waals surface area contributed by atoms with E-state index >= 15 is 0 Å². The summed E-state index contributed by atoms with van der Waals surface area (Å²) in [6.07, 6.45) is 0. The molecule has 2 aromatic carbocycles. The Labute approximate surface area is 158 Å². The lowest BCUT2D eigenvalue weighted by Crippen LogP contribution is -2.15. The van der Waals surface area contributed by atoms with E-state index in [0.717, 1.165) is 0 Å². The second-order valence-electron chi connectivity index (χ2n) is 5.69. The fraction of sp³-hybridized carbons (Fsp3) is 0.200. The number of nitrogens with zero attached hydrogens (tertiary/aromatic N) is 1. The highest BCUT2D eigenvalue weighted by molar-refractivity contribution is 7.62. The molecule has 0 aliphatic rings. The van der Waals surface area contributed by atoms with Crippen molar-refractivity contribution in [3.63, 3.8) is 0 Å². The van der Waals surface area contributed by atoms with E-state index in [0.29, 0.717) is 16.7 Å². The lowest BCUT2D eigenvalue weighted by Gasteiger charge is -2.17. The van der Waals surface area contributed by atoms with Crippen molar-refractivity contribution in [2.75, 3.05) is 13.2 Å². The van der Waals surface area contributed by atoms with E-state index in [1.165, 1.54) is 0 Å². The summed E-state index contributed by atoms with van der Waals surface area (Å²) in [7, 11) is -3.66. The summed E-state index contributed by atoms with van der Waals surface area (Å²) in [5.74, 6) is -0.267. The highest BCUT2D eigenvalue weighted by Gasteiger charge is 2.36. The van der Waals surface area contributed by atoms with Gasteiger partial charge in [-0.1, -0.05) is 60.7 Å². The van der Waals surface area contributed by atoms with Crippen LogP contribution in [0, 0.1) is 0 Å². The molecule has 0 radical (unpaired) electrons. The number of carbonyl (C=O) groups is 1. The van der Waals surface area contributed by atoms with E-state index in [-0.39, 0.29) is 30.1 Å². The molecule has 1 aromatic heterocycles. The molecule has 0 bridgehead atoms. The Morgan fingerprint density at radius 2 is 1.52 bits per heavy atom. The Hall–Kier alpha value is -2.53. The van der Waals surface area contributed by atoms with Gasteiger partial charge in [-0.3, -0.25) is 14.5 Å². The molecule has 7 heteroatoms. The summed E-state index contributed by atoms with van der Waals surface area (Å²) in [6, 6.07) is 18.1. The molecule has 6 nitrogen and oxygen atoms in total. The third-order valence-corrected chi connectivity index (χ3v) is 6.00. The van der Waals surface area contributed by atoms with Crippen LogP contribution in [0.1, 0.15) is 29.9 Å². The lowest BCUT2D eigenvalue weighted by atomic mass is 10.0. The maximum atomic E-state index is 13.4. The number of hydrogen-bond acceptors (Lipinski definition) is 5. The van der Waals surface area contributed by atoms with Crippen LogP contribution < -0.4 is 5.44 Å². The van der Waals surface area contributed by atoms with E-state index in [1.54, 1.807) is 38.1 Å². The number of carbonyl (C=O) groups excluding carboxylic acids is 1. The molecule has 0 atom stereocenters. The number of rotatable bonds is 8. The van der Waals surface area contributed by atoms with E-state index in [9.17, 15) is 9.36 Å². The van der Waals surface area contributed by atoms with E-state index in [4.69, 9.17) is 9.05 Å². The van der Waals surface area contributed by atoms with Crippen molar-refractivity contribution in [1.82, 2.24) is 10.2 Å². The number of H-pyrrole nitrogens is 1. The Kier molecular flexibility index (Phi) is 6.01. The molecule has 0 saturated heterocycles. The molecule has 3 rings (SSSR count). The van der Waals surface area contributed by atoms with Gasteiger partial charge in [0.05, 0.1) is 13.2 Å². The second kappa shape index (κ2) is 8.44. The van der Waals surface area contributed by atoms with Gasteiger partial charge in [0.1, 0.15) is 5.69 Å². The summed E-state index contributed by atoms with van der Waals surface area (Å²) in [5.41, 5.74) is 2.02. The van der Waals surface area contributed by atoms with Crippen molar-refractivity contribution in [1.29, 1.82) is 0 Å². The quantitative estimate of drug-likeness (QED) is 0.465. The maximum Gasteiger partial charge on any atom is 0.379 e. The smallest absolute Gasteiger partial charge is 0.304 e. The summed E-state index contributed by atoms with van der Waals surface area (Å²) in [5, 5.41) is 6.94. The third-order valence-electron chi connectivity index (χ3n) is 3.93. The number of aromatic nitrogens is 2. The van der Waals surface area contributed by atoms with Gasteiger partial charge in [-0.05, 0) is 19.4 Å². The fourth-order valence-electron chi connectivity index (χ4n) is 2.81. The Bertz CT molecular complexity index is 945. The van der Waals surface area contributed by atoms with Gasteiger partial charge < -0.3 is 9.05 Å². The lowest BCUT2D eigenvalue weighted by molar-refractivity contribution is 0.103. The first-order chi connectivity index (χ1) is 13.1. The second-order valence-corrected chi connectivity index (χ2v) is 7.65. The molecule has 0 spiro atoms. The minimum atomic E-state index is -3.66. The van der Waals surface area contributed by atoms with Crippen molar-refractivity contribution in [3.05, 3.63) is 71.9 Å². The van der Waals surface area contributed by atoms with E-state index in [2.05, 4.69) is 10.2 Å². The van der Waals surface area contributed by atoms with Gasteiger partial charge >= 0.3 is 7.60 Å². The van der Waals surface area contributed by atoms with Gasteiger partial charge in [0.15, 0.2) is 5.44 Å². The number of hydrogen-bond donors (Lipinski definition) is 1. The van der Waals surface area contributed by atoms with Crippen LogP contribution >= 0.6 is 7.60 Å². The normalized spacial score (nSPS) is 11.5. The average Bonchev–Trinajstić information content (AvgIpc) is 3.15. The van der Waals surface area contributed by atoms with Crippen LogP contribution in [0.5, 0.6) is 0 Å². The van der Waals surface area contributed by atoms with Crippen molar-refractivity contribution < 1.29 is 18.4 Å². The minimum absolute atomic E-state index is 0.182. The molecule has 0 saturated carbocycles. The molecule has 0 fully saturated rings. The number of nitrogens with one attached hydrogen (secondary N) is 1. The van der Waals surface area contributed by atoms with Crippen LogP contribution in [0.2, 0.25) is 0 Å². The van der Waals surface area contributed by atoms with Gasteiger partial charge in [-0.15, -0.1) is 0 Å². The molecule has 0 unspecified atom stereocenters. The zero-order valence-electron chi connectivity index (χ0n) is 15.2. The molecule has 140 valence electrons. The van der Waals surface area contributed by atoms with Gasteiger partial charge in [0.2, 0.25) is 5.78 Å². The van der Waals surface area contributed by atoms with Gasteiger partial charge in [0.25, 0.3) is 0 Å². The molecule has 0 aliphatic carbocycles. The molecular weight excluding hydrogens is 363 g/mol. The van der Waals surface area contributed by atoms with Crippen LogP contribution in [0.3, 0.4) is 0 Å². The predicted octanol–water partition coefficient (Wildman–Crippen LogP) is 4.20. The number of benzene rings is 2. The molecule has 27 heavy (non-hydrogen) atoms. The van der Waals surface area contributed by atoms with Crippen LogP contribution in [0.25, 0.3) is 11.1 Å². The molecule has 1 N–H and O–H groups in total. The van der Waals surface area contributed by atoms with Crippen LogP contribution in [-0.4, -0.2) is 29.2 Å². The van der Waals surface area contributed by atoms with Crippen molar-refractivity contribution in [3.8, 4) is 11.1 Å². The van der Waals surface area contributed by atoms with Crippen LogP contribution in [0.4, 0.5) is 0 Å². The van der Waals surface area contributed by atoms with Crippen LogP contribution in [0.15, 0.2) is 60.7 Å². The first-order valence-corrected chi connectivity index (χ1v) is 10.3. The highest BCUT2D eigenvalue weighted by atomic mass is 31.2. The monoisotopic (exact) mass is 384 g/mol. The van der Waals surface area contributed by atoms with E-state index < -0.39 is 7.60 Å². The van der Waals surface area contributed by atoms with Gasteiger partial charge in [-0.25, -0.2) is 0 Å². The standard InChI is InChI=1S/C20H21N2O4P/c1-3-25-27(24,26-4-2)20-17(15-11-7-5-8-12-15)18(21-22-20)19(23)16-13-9-6-10-14-16/h5-14H,3-4H2,1-2H3,(H,21,22). The predicted molar refractivity (Wildman–Crippen MR) is 104 cm³/mol. The first-order valence-electron chi connectivity index (χ1n) is 8.74. The average molecular weight is 384 g/mol. The summed E-state index contributed by atoms with van der Waals surface area (Å²) >= 11 is 0. The highest BCUT2D eigenvalue weighted by Crippen LogP contribution is 2.49. The molecule has 0 aliphatic heterocycles. The number of aromatic amines is 1. The zero-order chi connectivity index (χ0) is 19.3. The Balaban J connectivity index is 2.20. The molecule has 0 amide bonds. The first kappa shape index (κ1) is 19.2. The molecule has 1 heterocycles. The molecular formula is C20H21N2O4P. The topological polar surface area (TPSA) is 81.3 Å². The summed E-state index contributed by atoms with van der Waals surface area (Å²) in [6.45, 7) is 3.87. The van der Waals surface area contributed by atoms with Crippen molar-refractivity contribution >= 4 is 18.8 Å². The zero-order valence-corrected chi connectivity index (χ0v) is 16.1. The minimum Gasteiger partial charge on any atom is -0.304 e. The third kappa shape index (κ3) is 3.93. The Morgan fingerprint density at radius 3 is 2.07 bits per heavy atom. The molecule has 3 aromatic rings.